The molecule has 0 fully saturated rings. The third kappa shape index (κ3) is 3.56. The van der Waals surface area contributed by atoms with Gasteiger partial charge in [-0.3, -0.25) is 0 Å². The zero-order chi connectivity index (χ0) is 9.84. The van der Waals surface area contributed by atoms with Crippen molar-refractivity contribution < 1.29 is 0 Å². The number of hydrogen-bond acceptors (Lipinski definition) is 0. The van der Waals surface area contributed by atoms with Crippen molar-refractivity contribution in [2.24, 2.45) is 0 Å². The molecule has 0 bridgehead atoms. The fraction of sp³-hybridized carbons (Fsp3) is 0.200. The Morgan fingerprint density at radius 2 is 1.85 bits per heavy atom. The van der Waals surface area contributed by atoms with Crippen molar-refractivity contribution in [2.75, 3.05) is 0 Å². The second kappa shape index (κ2) is 5.32. The number of halogens is 3. The van der Waals surface area contributed by atoms with E-state index in [1.54, 1.807) is 0 Å². The Labute approximate surface area is 104 Å². The van der Waals surface area contributed by atoms with Gasteiger partial charge in [-0.1, -0.05) is 34.1 Å². The summed E-state index contributed by atoms with van der Waals surface area (Å²) in [6, 6.07) is 8.26. The summed E-state index contributed by atoms with van der Waals surface area (Å²) in [5.74, 6) is 0. The predicted octanol–water partition coefficient (Wildman–Crippen LogP) is 5.01. The third-order valence-electron chi connectivity index (χ3n) is 1.74. The van der Waals surface area contributed by atoms with Crippen LogP contribution in [0.1, 0.15) is 12.5 Å². The van der Waals surface area contributed by atoms with Gasteiger partial charge in [0, 0.05) is 4.47 Å². The van der Waals surface area contributed by atoms with Crippen LogP contribution >= 0.6 is 47.8 Å². The molecule has 0 aromatic heterocycles. The highest BCUT2D eigenvalue weighted by atomic mass is 79.9. The fourth-order valence-electron chi connectivity index (χ4n) is 0.994. The largest absolute Gasteiger partial charge is 0.0619 e. The molecule has 0 saturated carbocycles. The Hall–Kier alpha value is 0.400. The normalized spacial score (nSPS) is 9.85. The standard InChI is InChI=1S/C10H9Br3/c1-7(10(12)13)6-8-4-2-3-5-9(8)11/h2-5H,6H2,1H3. The van der Waals surface area contributed by atoms with Gasteiger partial charge in [0.05, 0.1) is 3.39 Å². The number of hydrogen-bond donors (Lipinski definition) is 0. The lowest BCUT2D eigenvalue weighted by Crippen LogP contribution is -1.88. The summed E-state index contributed by atoms with van der Waals surface area (Å²) in [7, 11) is 0. The lowest BCUT2D eigenvalue weighted by molar-refractivity contribution is 1.14. The van der Waals surface area contributed by atoms with Crippen LogP contribution in [-0.4, -0.2) is 0 Å². The van der Waals surface area contributed by atoms with E-state index >= 15 is 0 Å². The molecule has 0 aliphatic rings. The summed E-state index contributed by atoms with van der Waals surface area (Å²) in [6.07, 6.45) is 0.952. The van der Waals surface area contributed by atoms with Crippen LogP contribution in [0.25, 0.3) is 0 Å². The molecule has 0 saturated heterocycles. The van der Waals surface area contributed by atoms with Crippen molar-refractivity contribution in [3.05, 3.63) is 43.3 Å². The van der Waals surface area contributed by atoms with E-state index in [2.05, 4.69) is 72.9 Å². The first-order valence-corrected chi connectivity index (χ1v) is 6.23. The summed E-state index contributed by atoms with van der Waals surface area (Å²) >= 11 is 10.3. The molecule has 70 valence electrons. The van der Waals surface area contributed by atoms with Crippen LogP contribution < -0.4 is 0 Å². The first-order valence-electron chi connectivity index (χ1n) is 3.85. The predicted molar refractivity (Wildman–Crippen MR) is 68.4 cm³/mol. The Kier molecular flexibility index (Phi) is 4.70. The lowest BCUT2D eigenvalue weighted by Gasteiger charge is -2.04. The lowest BCUT2D eigenvalue weighted by atomic mass is 10.1. The Balaban J connectivity index is 2.87. The van der Waals surface area contributed by atoms with Crippen LogP contribution in [-0.2, 0) is 6.42 Å². The van der Waals surface area contributed by atoms with Gasteiger partial charge in [0.15, 0.2) is 0 Å². The highest BCUT2D eigenvalue weighted by Crippen LogP contribution is 2.25. The van der Waals surface area contributed by atoms with Crippen molar-refractivity contribution in [2.45, 2.75) is 13.3 Å². The molecular weight excluding hydrogens is 360 g/mol. The highest BCUT2D eigenvalue weighted by Gasteiger charge is 2.01. The summed E-state index contributed by atoms with van der Waals surface area (Å²) in [5.41, 5.74) is 2.59. The zero-order valence-corrected chi connectivity index (χ0v) is 11.9. The maximum absolute atomic E-state index is 3.52. The van der Waals surface area contributed by atoms with Gasteiger partial charge < -0.3 is 0 Å². The van der Waals surface area contributed by atoms with Crippen LogP contribution in [0, 0.1) is 0 Å². The highest BCUT2D eigenvalue weighted by molar-refractivity contribution is 9.28. The van der Waals surface area contributed by atoms with Crippen molar-refractivity contribution in [3.63, 3.8) is 0 Å². The van der Waals surface area contributed by atoms with E-state index in [1.165, 1.54) is 11.1 Å². The maximum Gasteiger partial charge on any atom is 0.0596 e. The minimum Gasteiger partial charge on any atom is -0.0619 e. The SMILES string of the molecule is CC(Cc1ccccc1Br)=C(Br)Br. The molecular formula is C10H9Br3. The number of rotatable bonds is 2. The molecule has 3 heteroatoms. The molecule has 0 radical (unpaired) electrons. The minimum atomic E-state index is 0.952. The van der Waals surface area contributed by atoms with Crippen LogP contribution in [0.5, 0.6) is 0 Å². The van der Waals surface area contributed by atoms with Gasteiger partial charge in [0.2, 0.25) is 0 Å². The van der Waals surface area contributed by atoms with E-state index in [0.29, 0.717) is 0 Å². The van der Waals surface area contributed by atoms with Gasteiger partial charge in [-0.25, -0.2) is 0 Å². The van der Waals surface area contributed by atoms with Gasteiger partial charge in [-0.2, -0.15) is 0 Å². The van der Waals surface area contributed by atoms with Crippen LogP contribution in [0.15, 0.2) is 37.7 Å². The molecule has 1 aromatic rings. The summed E-state index contributed by atoms with van der Waals surface area (Å²) < 4.78 is 2.20. The Morgan fingerprint density at radius 3 is 2.38 bits per heavy atom. The van der Waals surface area contributed by atoms with E-state index < -0.39 is 0 Å². The van der Waals surface area contributed by atoms with Gasteiger partial charge in [0.1, 0.15) is 0 Å². The molecule has 1 rings (SSSR count). The van der Waals surface area contributed by atoms with Gasteiger partial charge in [0.25, 0.3) is 0 Å². The molecule has 13 heavy (non-hydrogen) atoms. The van der Waals surface area contributed by atoms with E-state index in [9.17, 15) is 0 Å². The molecule has 0 N–H and O–H groups in total. The smallest absolute Gasteiger partial charge is 0.0596 e. The summed E-state index contributed by atoms with van der Waals surface area (Å²) in [6.45, 7) is 2.10. The second-order valence-electron chi connectivity index (χ2n) is 2.81. The van der Waals surface area contributed by atoms with Crippen LogP contribution in [0.2, 0.25) is 0 Å². The van der Waals surface area contributed by atoms with Crippen molar-refractivity contribution >= 4 is 47.8 Å². The Bertz CT molecular complexity index is 325. The summed E-state index contributed by atoms with van der Waals surface area (Å²) in [5, 5.41) is 0. The van der Waals surface area contributed by atoms with Crippen LogP contribution in [0.4, 0.5) is 0 Å². The minimum absolute atomic E-state index is 0.952. The summed E-state index contributed by atoms with van der Waals surface area (Å²) in [4.78, 5) is 0. The van der Waals surface area contributed by atoms with Crippen LogP contribution in [0.3, 0.4) is 0 Å². The third-order valence-corrected chi connectivity index (χ3v) is 3.86. The maximum atomic E-state index is 3.52. The molecule has 0 unspecified atom stereocenters. The zero-order valence-electron chi connectivity index (χ0n) is 7.15. The van der Waals surface area contributed by atoms with Crippen molar-refractivity contribution in [1.29, 1.82) is 0 Å². The molecule has 0 aliphatic carbocycles. The molecule has 0 aliphatic heterocycles. The first kappa shape index (κ1) is 11.5. The van der Waals surface area contributed by atoms with E-state index in [1.807, 2.05) is 6.07 Å². The second-order valence-corrected chi connectivity index (χ2v) is 6.31. The average Bonchev–Trinajstić information content (AvgIpc) is 2.08. The molecule has 1 aromatic carbocycles. The van der Waals surface area contributed by atoms with E-state index in [0.717, 1.165) is 14.3 Å². The van der Waals surface area contributed by atoms with E-state index in [-0.39, 0.29) is 0 Å². The van der Waals surface area contributed by atoms with Crippen molar-refractivity contribution in [3.8, 4) is 0 Å². The molecule has 0 spiro atoms. The Morgan fingerprint density at radius 1 is 1.23 bits per heavy atom. The molecule has 0 heterocycles. The molecule has 0 nitrogen and oxygen atoms in total. The van der Waals surface area contributed by atoms with Gasteiger partial charge in [-0.05, 0) is 62.4 Å². The fourth-order valence-corrected chi connectivity index (χ4v) is 1.70. The van der Waals surface area contributed by atoms with Gasteiger partial charge in [-0.15, -0.1) is 0 Å². The molecule has 0 atom stereocenters. The van der Waals surface area contributed by atoms with Crippen molar-refractivity contribution in [1.82, 2.24) is 0 Å². The molecule has 0 amide bonds. The first-order chi connectivity index (χ1) is 6.11. The number of benzene rings is 1. The van der Waals surface area contributed by atoms with E-state index in [4.69, 9.17) is 0 Å². The monoisotopic (exact) mass is 366 g/mol. The quantitative estimate of drug-likeness (QED) is 0.688. The average molecular weight is 369 g/mol. The van der Waals surface area contributed by atoms with Gasteiger partial charge >= 0.3 is 0 Å². The topological polar surface area (TPSA) is 0 Å². The number of allylic oxidation sites excluding steroid dienone is 1.